The number of thioether (sulfide) groups is 2. The van der Waals surface area contributed by atoms with Gasteiger partial charge in [-0.25, -0.2) is 4.39 Å². The maximum atomic E-state index is 13.5. The first-order chi connectivity index (χ1) is 11.0. The van der Waals surface area contributed by atoms with Gasteiger partial charge in [0, 0.05) is 11.5 Å². The predicted molar refractivity (Wildman–Crippen MR) is 93.0 cm³/mol. The summed E-state index contributed by atoms with van der Waals surface area (Å²) < 4.78 is 43.5. The summed E-state index contributed by atoms with van der Waals surface area (Å²) in [4.78, 5) is -0.188. The van der Waals surface area contributed by atoms with Crippen LogP contribution in [0.25, 0.3) is 0 Å². The molecular weight excluding hydrogens is 355 g/mol. The third-order valence-electron chi connectivity index (χ3n) is 3.41. The molecule has 0 amide bonds. The highest BCUT2D eigenvalue weighted by Crippen LogP contribution is 2.45. The van der Waals surface area contributed by atoms with Gasteiger partial charge in [0.05, 0.1) is 4.58 Å². The number of rotatable bonds is 4. The van der Waals surface area contributed by atoms with E-state index in [0.717, 1.165) is 23.1 Å². The van der Waals surface area contributed by atoms with E-state index >= 15 is 0 Å². The van der Waals surface area contributed by atoms with Gasteiger partial charge in [0.2, 0.25) is 0 Å². The van der Waals surface area contributed by atoms with E-state index in [1.54, 1.807) is 19.1 Å². The molecule has 0 atom stereocenters. The molecule has 0 bridgehead atoms. The van der Waals surface area contributed by atoms with Gasteiger partial charge >= 0.3 is 10.1 Å². The number of halogens is 1. The summed E-state index contributed by atoms with van der Waals surface area (Å²) in [6, 6.07) is 10.8. The van der Waals surface area contributed by atoms with E-state index in [4.69, 9.17) is 4.18 Å². The Hall–Kier alpha value is -1.18. The first kappa shape index (κ1) is 16.7. The number of aryl methyl sites for hydroxylation is 1. The van der Waals surface area contributed by atoms with Gasteiger partial charge in [-0.1, -0.05) is 18.2 Å². The van der Waals surface area contributed by atoms with Crippen LogP contribution in [0.2, 0.25) is 0 Å². The minimum absolute atomic E-state index is 0.188. The zero-order chi connectivity index (χ0) is 16.4. The number of hydrogen-bond acceptors (Lipinski definition) is 5. The summed E-state index contributed by atoms with van der Waals surface area (Å²) in [5.74, 6) is 1.91. The molecule has 0 spiro atoms. The summed E-state index contributed by atoms with van der Waals surface area (Å²) in [6.07, 6.45) is 0. The first-order valence-corrected chi connectivity index (χ1v) is 10.5. The van der Waals surface area contributed by atoms with Crippen LogP contribution < -0.4 is 4.18 Å². The molecule has 0 aliphatic carbocycles. The molecule has 7 heteroatoms. The normalized spacial score (nSPS) is 15.7. The Balaban J connectivity index is 1.78. The quantitative estimate of drug-likeness (QED) is 0.747. The van der Waals surface area contributed by atoms with Gasteiger partial charge in [-0.2, -0.15) is 8.42 Å². The molecule has 1 fully saturated rings. The molecular formula is C16H15FO3S3. The molecule has 1 saturated heterocycles. The van der Waals surface area contributed by atoms with Crippen LogP contribution in [0.1, 0.15) is 15.7 Å². The molecule has 2 aromatic carbocycles. The molecule has 0 N–H and O–H groups in total. The van der Waals surface area contributed by atoms with Crippen molar-refractivity contribution in [3.05, 3.63) is 59.4 Å². The Morgan fingerprint density at radius 1 is 1.09 bits per heavy atom. The lowest BCUT2D eigenvalue weighted by atomic mass is 10.2. The molecule has 1 heterocycles. The lowest BCUT2D eigenvalue weighted by Gasteiger charge is -2.11. The molecule has 1 aliphatic heterocycles. The fraction of sp³-hybridized carbons (Fsp3) is 0.250. The second-order valence-corrected chi connectivity index (χ2v) is 9.36. The van der Waals surface area contributed by atoms with E-state index in [1.165, 1.54) is 12.1 Å². The molecule has 0 unspecified atom stereocenters. The van der Waals surface area contributed by atoms with E-state index in [2.05, 4.69) is 0 Å². The van der Waals surface area contributed by atoms with Gasteiger partial charge in [0.1, 0.15) is 16.5 Å². The Kier molecular flexibility index (Phi) is 4.89. The first-order valence-electron chi connectivity index (χ1n) is 6.99. The van der Waals surface area contributed by atoms with Crippen molar-refractivity contribution in [2.75, 3.05) is 11.5 Å². The summed E-state index contributed by atoms with van der Waals surface area (Å²) in [5, 5.41) is 0. The molecule has 3 rings (SSSR count). The van der Waals surface area contributed by atoms with Crippen LogP contribution in [-0.2, 0) is 10.1 Å². The molecule has 0 radical (unpaired) electrons. The average Bonchev–Trinajstić information content (AvgIpc) is 3.04. The van der Waals surface area contributed by atoms with Crippen LogP contribution in [0.5, 0.6) is 5.75 Å². The summed E-state index contributed by atoms with van der Waals surface area (Å²) >= 11 is 3.75. The van der Waals surface area contributed by atoms with E-state index in [9.17, 15) is 12.8 Å². The fourth-order valence-corrected chi connectivity index (χ4v) is 5.94. The lowest BCUT2D eigenvalue weighted by molar-refractivity contribution is 0.484. The molecule has 0 saturated carbocycles. The van der Waals surface area contributed by atoms with Crippen molar-refractivity contribution in [3.8, 4) is 5.75 Å². The van der Waals surface area contributed by atoms with E-state index in [-0.39, 0.29) is 10.6 Å². The zero-order valence-corrected chi connectivity index (χ0v) is 14.8. The van der Waals surface area contributed by atoms with Crippen LogP contribution in [-0.4, -0.2) is 19.9 Å². The van der Waals surface area contributed by atoms with Crippen molar-refractivity contribution in [1.82, 2.24) is 0 Å². The maximum Gasteiger partial charge on any atom is 0.339 e. The highest BCUT2D eigenvalue weighted by atomic mass is 32.2. The minimum Gasteiger partial charge on any atom is -0.379 e. The Morgan fingerprint density at radius 2 is 1.74 bits per heavy atom. The second-order valence-electron chi connectivity index (χ2n) is 5.09. The predicted octanol–water partition coefficient (Wildman–Crippen LogP) is 4.38. The SMILES string of the molecule is Cc1ccc(S(=O)(=O)Oc2ccc(C3SCCS3)cc2)cc1F. The molecule has 1 aliphatic rings. The van der Waals surface area contributed by atoms with E-state index in [1.807, 2.05) is 35.7 Å². The van der Waals surface area contributed by atoms with Crippen molar-refractivity contribution in [3.63, 3.8) is 0 Å². The van der Waals surface area contributed by atoms with Crippen molar-refractivity contribution in [2.45, 2.75) is 16.4 Å². The molecule has 2 aromatic rings. The van der Waals surface area contributed by atoms with Crippen LogP contribution >= 0.6 is 23.5 Å². The van der Waals surface area contributed by atoms with Crippen LogP contribution in [0.15, 0.2) is 47.4 Å². The Labute approximate surface area is 143 Å². The fourth-order valence-electron chi connectivity index (χ4n) is 2.14. The van der Waals surface area contributed by atoms with Gasteiger partial charge in [0.25, 0.3) is 0 Å². The van der Waals surface area contributed by atoms with Gasteiger partial charge in [-0.15, -0.1) is 23.5 Å². The third kappa shape index (κ3) is 3.84. The smallest absolute Gasteiger partial charge is 0.339 e. The van der Waals surface area contributed by atoms with E-state index < -0.39 is 15.9 Å². The summed E-state index contributed by atoms with van der Waals surface area (Å²) in [7, 11) is -4.03. The maximum absolute atomic E-state index is 13.5. The Morgan fingerprint density at radius 3 is 2.35 bits per heavy atom. The highest BCUT2D eigenvalue weighted by Gasteiger charge is 2.20. The lowest BCUT2D eigenvalue weighted by Crippen LogP contribution is -2.10. The highest BCUT2D eigenvalue weighted by molar-refractivity contribution is 8.19. The average molecular weight is 370 g/mol. The zero-order valence-electron chi connectivity index (χ0n) is 12.4. The van der Waals surface area contributed by atoms with Gasteiger partial charge < -0.3 is 4.18 Å². The van der Waals surface area contributed by atoms with Crippen molar-refractivity contribution in [1.29, 1.82) is 0 Å². The summed E-state index contributed by atoms with van der Waals surface area (Å²) in [6.45, 7) is 1.57. The van der Waals surface area contributed by atoms with Crippen LogP contribution in [0.3, 0.4) is 0 Å². The van der Waals surface area contributed by atoms with Gasteiger partial charge in [-0.3, -0.25) is 0 Å². The van der Waals surface area contributed by atoms with Gasteiger partial charge in [0.15, 0.2) is 0 Å². The Bertz CT molecular complexity index is 798. The molecule has 3 nitrogen and oxygen atoms in total. The second kappa shape index (κ2) is 6.75. The third-order valence-corrected chi connectivity index (χ3v) is 7.76. The van der Waals surface area contributed by atoms with Crippen LogP contribution in [0, 0.1) is 12.7 Å². The van der Waals surface area contributed by atoms with Crippen molar-refractivity contribution >= 4 is 33.6 Å². The summed E-state index contributed by atoms with van der Waals surface area (Å²) in [5.41, 5.74) is 1.53. The number of hydrogen-bond donors (Lipinski definition) is 0. The van der Waals surface area contributed by atoms with Crippen molar-refractivity contribution < 1.29 is 17.0 Å². The van der Waals surface area contributed by atoms with Crippen LogP contribution in [0.4, 0.5) is 4.39 Å². The van der Waals surface area contributed by atoms with Crippen molar-refractivity contribution in [2.24, 2.45) is 0 Å². The van der Waals surface area contributed by atoms with Gasteiger partial charge in [-0.05, 0) is 42.3 Å². The molecule has 0 aromatic heterocycles. The molecule has 122 valence electrons. The number of benzene rings is 2. The standard InChI is InChI=1S/C16H15FO3S3/c1-11-2-7-14(10-15(11)17)23(18,19)20-13-5-3-12(4-6-13)16-21-8-9-22-16/h2-7,10,16H,8-9H2,1H3. The topological polar surface area (TPSA) is 43.4 Å². The minimum atomic E-state index is -4.03. The largest absolute Gasteiger partial charge is 0.379 e. The molecule has 23 heavy (non-hydrogen) atoms. The van der Waals surface area contributed by atoms with E-state index in [0.29, 0.717) is 10.1 Å². The monoisotopic (exact) mass is 370 g/mol.